The van der Waals surface area contributed by atoms with E-state index in [0.29, 0.717) is 24.8 Å². The lowest BCUT2D eigenvalue weighted by Crippen LogP contribution is -2.26. The molecule has 1 aromatic carbocycles. The molecule has 1 amide bonds. The van der Waals surface area contributed by atoms with E-state index in [1.165, 1.54) is 12.1 Å². The average molecular weight is 237 g/mol. The van der Waals surface area contributed by atoms with E-state index in [0.717, 1.165) is 18.4 Å². The lowest BCUT2D eigenvalue weighted by Gasteiger charge is -2.09. The maximum atomic E-state index is 12.8. The summed E-state index contributed by atoms with van der Waals surface area (Å²) in [6.45, 7) is 2.10. The molecule has 92 valence electrons. The van der Waals surface area contributed by atoms with Gasteiger partial charge in [0.2, 0.25) is 5.91 Å². The molecule has 1 aliphatic carbocycles. The lowest BCUT2D eigenvalue weighted by atomic mass is 10.2. The zero-order valence-electron chi connectivity index (χ0n) is 9.83. The molecule has 1 fully saturated rings. The number of carbonyl (C=O) groups excluding carboxylic acids is 1. The van der Waals surface area contributed by atoms with Gasteiger partial charge in [-0.05, 0) is 43.5 Å². The number of halogens is 1. The van der Waals surface area contributed by atoms with Crippen LogP contribution in [-0.4, -0.2) is 18.6 Å². The average Bonchev–Trinajstić information content (AvgIpc) is 3.05. The van der Waals surface area contributed by atoms with Crippen LogP contribution in [0.4, 0.5) is 4.39 Å². The van der Waals surface area contributed by atoms with Crippen molar-refractivity contribution in [2.45, 2.75) is 32.2 Å². The molecule has 1 aromatic rings. The lowest BCUT2D eigenvalue weighted by molar-refractivity contribution is -0.121. The summed E-state index contributed by atoms with van der Waals surface area (Å²) in [7, 11) is 0. The molecule has 0 radical (unpaired) electrons. The zero-order chi connectivity index (χ0) is 12.3. The fraction of sp³-hybridized carbons (Fsp3) is 0.462. The minimum atomic E-state index is -0.277. The van der Waals surface area contributed by atoms with Crippen LogP contribution in [0, 0.1) is 12.7 Å². The van der Waals surface area contributed by atoms with E-state index in [2.05, 4.69) is 5.32 Å². The van der Waals surface area contributed by atoms with Crippen molar-refractivity contribution in [3.05, 3.63) is 29.6 Å². The molecular formula is C13H16FNO2. The van der Waals surface area contributed by atoms with Gasteiger partial charge in [0.1, 0.15) is 11.6 Å². The molecule has 0 aliphatic heterocycles. The van der Waals surface area contributed by atoms with Gasteiger partial charge in [-0.1, -0.05) is 0 Å². The third kappa shape index (κ3) is 3.73. The van der Waals surface area contributed by atoms with Gasteiger partial charge in [-0.25, -0.2) is 4.39 Å². The predicted molar refractivity (Wildman–Crippen MR) is 62.4 cm³/mol. The van der Waals surface area contributed by atoms with Crippen LogP contribution >= 0.6 is 0 Å². The first kappa shape index (κ1) is 11.9. The monoisotopic (exact) mass is 237 g/mol. The quantitative estimate of drug-likeness (QED) is 0.852. The standard InChI is InChI=1S/C13H16FNO2/c1-9-8-10(14)2-5-12(9)17-7-6-13(16)15-11-3-4-11/h2,5,8,11H,3-4,6-7H2,1H3,(H,15,16). The van der Waals surface area contributed by atoms with E-state index in [4.69, 9.17) is 4.74 Å². The second-order valence-corrected chi connectivity index (χ2v) is 4.35. The Morgan fingerprint density at radius 3 is 2.94 bits per heavy atom. The number of hydrogen-bond acceptors (Lipinski definition) is 2. The van der Waals surface area contributed by atoms with Gasteiger partial charge in [0.15, 0.2) is 0 Å². The second-order valence-electron chi connectivity index (χ2n) is 4.35. The minimum absolute atomic E-state index is 0.0206. The molecule has 0 unspecified atom stereocenters. The van der Waals surface area contributed by atoms with Crippen LogP contribution in [0.1, 0.15) is 24.8 Å². The first-order valence-electron chi connectivity index (χ1n) is 5.83. The van der Waals surface area contributed by atoms with E-state index in [-0.39, 0.29) is 11.7 Å². The highest BCUT2D eigenvalue weighted by molar-refractivity contribution is 5.76. The summed E-state index contributed by atoms with van der Waals surface area (Å²) in [5.41, 5.74) is 0.743. The molecule has 4 heteroatoms. The molecule has 0 bridgehead atoms. The smallest absolute Gasteiger partial charge is 0.223 e. The molecule has 1 N–H and O–H groups in total. The Morgan fingerprint density at radius 1 is 1.53 bits per heavy atom. The molecule has 17 heavy (non-hydrogen) atoms. The van der Waals surface area contributed by atoms with Crippen molar-refractivity contribution in [2.75, 3.05) is 6.61 Å². The second kappa shape index (κ2) is 5.17. The normalized spacial score (nSPS) is 14.5. The fourth-order valence-corrected chi connectivity index (χ4v) is 1.56. The SMILES string of the molecule is Cc1cc(F)ccc1OCCC(=O)NC1CC1. The van der Waals surface area contributed by atoms with Gasteiger partial charge < -0.3 is 10.1 Å². The van der Waals surface area contributed by atoms with E-state index in [1.54, 1.807) is 13.0 Å². The number of ether oxygens (including phenoxy) is 1. The first-order chi connectivity index (χ1) is 8.15. The number of carbonyl (C=O) groups is 1. The Hall–Kier alpha value is -1.58. The summed E-state index contributed by atoms with van der Waals surface area (Å²) in [5.74, 6) is 0.374. The maximum absolute atomic E-state index is 12.8. The van der Waals surface area contributed by atoms with Crippen molar-refractivity contribution in [1.82, 2.24) is 5.32 Å². The Morgan fingerprint density at radius 2 is 2.29 bits per heavy atom. The van der Waals surface area contributed by atoms with Crippen LogP contribution in [0.15, 0.2) is 18.2 Å². The highest BCUT2D eigenvalue weighted by atomic mass is 19.1. The van der Waals surface area contributed by atoms with Crippen LogP contribution in [0.2, 0.25) is 0 Å². The number of benzene rings is 1. The Labute approximate surface area is 100.0 Å². The van der Waals surface area contributed by atoms with E-state index in [1.807, 2.05) is 0 Å². The summed E-state index contributed by atoms with van der Waals surface area (Å²) in [6.07, 6.45) is 2.51. The van der Waals surface area contributed by atoms with Crippen molar-refractivity contribution >= 4 is 5.91 Å². The van der Waals surface area contributed by atoms with Gasteiger partial charge in [0, 0.05) is 6.04 Å². The number of nitrogens with one attached hydrogen (secondary N) is 1. The predicted octanol–water partition coefficient (Wildman–Crippen LogP) is 2.18. The van der Waals surface area contributed by atoms with Gasteiger partial charge in [0.05, 0.1) is 13.0 Å². The third-order valence-corrected chi connectivity index (χ3v) is 2.67. The maximum Gasteiger partial charge on any atom is 0.223 e. The van der Waals surface area contributed by atoms with Gasteiger partial charge >= 0.3 is 0 Å². The largest absolute Gasteiger partial charge is 0.493 e. The number of aryl methyl sites for hydroxylation is 1. The van der Waals surface area contributed by atoms with Crippen LogP contribution in [0.3, 0.4) is 0 Å². The van der Waals surface area contributed by atoms with Gasteiger partial charge in [-0.2, -0.15) is 0 Å². The van der Waals surface area contributed by atoms with E-state index < -0.39 is 0 Å². The summed E-state index contributed by atoms with van der Waals surface area (Å²) in [4.78, 5) is 11.4. The molecule has 2 rings (SSSR count). The molecule has 0 atom stereocenters. The zero-order valence-corrected chi connectivity index (χ0v) is 9.83. The fourth-order valence-electron chi connectivity index (χ4n) is 1.56. The first-order valence-corrected chi connectivity index (χ1v) is 5.83. The number of hydrogen-bond donors (Lipinski definition) is 1. The highest BCUT2D eigenvalue weighted by Gasteiger charge is 2.22. The summed E-state index contributed by atoms with van der Waals surface area (Å²) in [6, 6.07) is 4.74. The molecule has 0 heterocycles. The van der Waals surface area contributed by atoms with E-state index in [9.17, 15) is 9.18 Å². The molecule has 0 aromatic heterocycles. The molecule has 0 saturated heterocycles. The molecular weight excluding hydrogens is 221 g/mol. The highest BCUT2D eigenvalue weighted by Crippen LogP contribution is 2.19. The Balaban J connectivity index is 1.75. The number of rotatable bonds is 5. The van der Waals surface area contributed by atoms with Gasteiger partial charge in [0.25, 0.3) is 0 Å². The Kier molecular flexibility index (Phi) is 3.61. The van der Waals surface area contributed by atoms with Crippen molar-refractivity contribution < 1.29 is 13.9 Å². The molecule has 1 saturated carbocycles. The van der Waals surface area contributed by atoms with Crippen molar-refractivity contribution in [2.24, 2.45) is 0 Å². The topological polar surface area (TPSA) is 38.3 Å². The van der Waals surface area contributed by atoms with Crippen molar-refractivity contribution in [3.8, 4) is 5.75 Å². The van der Waals surface area contributed by atoms with Crippen molar-refractivity contribution in [3.63, 3.8) is 0 Å². The number of amides is 1. The summed E-state index contributed by atoms with van der Waals surface area (Å²) in [5, 5.41) is 2.88. The van der Waals surface area contributed by atoms with Crippen LogP contribution in [-0.2, 0) is 4.79 Å². The molecule has 0 spiro atoms. The van der Waals surface area contributed by atoms with Crippen LogP contribution in [0.5, 0.6) is 5.75 Å². The molecule has 3 nitrogen and oxygen atoms in total. The summed E-state index contributed by atoms with van der Waals surface area (Å²) >= 11 is 0. The van der Waals surface area contributed by atoms with E-state index >= 15 is 0 Å². The minimum Gasteiger partial charge on any atom is -0.493 e. The van der Waals surface area contributed by atoms with Gasteiger partial charge in [-0.3, -0.25) is 4.79 Å². The Bertz CT molecular complexity index is 416. The van der Waals surface area contributed by atoms with Gasteiger partial charge in [-0.15, -0.1) is 0 Å². The van der Waals surface area contributed by atoms with Crippen LogP contribution < -0.4 is 10.1 Å². The molecule has 1 aliphatic rings. The van der Waals surface area contributed by atoms with Crippen LogP contribution in [0.25, 0.3) is 0 Å². The third-order valence-electron chi connectivity index (χ3n) is 2.67. The summed E-state index contributed by atoms with van der Waals surface area (Å²) < 4.78 is 18.3. The van der Waals surface area contributed by atoms with Crippen molar-refractivity contribution in [1.29, 1.82) is 0 Å².